The van der Waals surface area contributed by atoms with Gasteiger partial charge < -0.3 is 19.6 Å². The van der Waals surface area contributed by atoms with Gasteiger partial charge in [-0.3, -0.25) is 4.79 Å². The molecule has 1 unspecified atom stereocenters. The molecule has 0 radical (unpaired) electrons. The van der Waals surface area contributed by atoms with Crippen molar-refractivity contribution in [3.05, 3.63) is 52.7 Å². The van der Waals surface area contributed by atoms with Gasteiger partial charge in [0, 0.05) is 6.92 Å². The van der Waals surface area contributed by atoms with Crippen LogP contribution in [-0.4, -0.2) is 44.2 Å². The first kappa shape index (κ1) is 24.1. The molecule has 0 aliphatic carbocycles. The number of anilines is 1. The molecule has 0 saturated carbocycles. The number of carbonyl (C=O) groups excluding carboxylic acids is 1. The quantitative estimate of drug-likeness (QED) is 0.333. The van der Waals surface area contributed by atoms with Crippen LogP contribution in [0.5, 0.6) is 11.5 Å². The lowest BCUT2D eigenvalue weighted by Crippen LogP contribution is -2.15. The summed E-state index contributed by atoms with van der Waals surface area (Å²) in [5, 5.41) is 11.0. The summed E-state index contributed by atoms with van der Waals surface area (Å²) in [6, 6.07) is 6.40. The molecule has 35 heavy (non-hydrogen) atoms. The number of nitrogens with two attached hydrogens (primary N) is 1. The van der Waals surface area contributed by atoms with E-state index in [1.165, 1.54) is 23.7 Å². The molecule has 184 valence electrons. The number of nitrogen functional groups attached to an aromatic ring is 1. The van der Waals surface area contributed by atoms with Gasteiger partial charge in [-0.15, -0.1) is 0 Å². The molecule has 0 saturated heterocycles. The lowest BCUT2D eigenvalue weighted by molar-refractivity contribution is 0.101. The maximum absolute atomic E-state index is 13.3. The summed E-state index contributed by atoms with van der Waals surface area (Å²) >= 11 is 0. The van der Waals surface area contributed by atoms with Crippen molar-refractivity contribution in [3.8, 4) is 11.5 Å². The number of rotatable bonds is 10. The Bertz CT molecular complexity index is 1350. The van der Waals surface area contributed by atoms with Gasteiger partial charge in [-0.2, -0.15) is 0 Å². The molecule has 0 fully saturated rings. The monoisotopic (exact) mass is 482 g/mol. The number of halogens is 1. The Morgan fingerprint density at radius 1 is 1.17 bits per heavy atom. The van der Waals surface area contributed by atoms with E-state index in [1.807, 2.05) is 6.92 Å². The first-order valence-corrected chi connectivity index (χ1v) is 11.2. The van der Waals surface area contributed by atoms with E-state index in [4.69, 9.17) is 19.6 Å². The van der Waals surface area contributed by atoms with E-state index >= 15 is 0 Å². The van der Waals surface area contributed by atoms with Crippen molar-refractivity contribution < 1.29 is 23.1 Å². The molecule has 2 heterocycles. The molecule has 1 atom stereocenters. The second kappa shape index (κ2) is 10.1. The van der Waals surface area contributed by atoms with Crippen LogP contribution >= 0.6 is 0 Å². The van der Waals surface area contributed by atoms with Gasteiger partial charge in [0.1, 0.15) is 17.9 Å². The number of hydrogen-bond acceptors (Lipinski definition) is 9. The second-order valence-electron chi connectivity index (χ2n) is 8.32. The van der Waals surface area contributed by atoms with Crippen LogP contribution in [0.15, 0.2) is 28.7 Å². The molecule has 0 spiro atoms. The first-order chi connectivity index (χ1) is 16.8. The Morgan fingerprint density at radius 3 is 2.54 bits per heavy atom. The molecule has 0 aliphatic heterocycles. The average Bonchev–Trinajstić information content (AvgIpc) is 3.41. The Kier molecular flexibility index (Phi) is 6.94. The van der Waals surface area contributed by atoms with Gasteiger partial charge in [-0.25, -0.2) is 14.1 Å². The van der Waals surface area contributed by atoms with Crippen LogP contribution in [0.2, 0.25) is 0 Å². The number of aromatic nitrogens is 5. The number of carbonyl (C=O) groups is 1. The highest BCUT2D eigenvalue weighted by atomic mass is 19.1. The van der Waals surface area contributed by atoms with Crippen LogP contribution in [0.3, 0.4) is 0 Å². The summed E-state index contributed by atoms with van der Waals surface area (Å²) in [5.41, 5.74) is 8.71. The largest absolute Gasteiger partial charge is 0.487 e. The Morgan fingerprint density at radius 2 is 1.89 bits per heavy atom. The van der Waals surface area contributed by atoms with E-state index < -0.39 is 0 Å². The van der Waals surface area contributed by atoms with Crippen LogP contribution in [-0.2, 0) is 6.54 Å². The van der Waals surface area contributed by atoms with E-state index in [2.05, 4.69) is 20.5 Å². The number of tetrazole rings is 1. The van der Waals surface area contributed by atoms with Gasteiger partial charge in [0.25, 0.3) is 0 Å². The SMILES string of the molecule is CC(=O)c1c(OCCn2nnnc2N)c(OCCC(C)c2ccc(F)cc2)c2oc(C)nc2c1C. The first-order valence-electron chi connectivity index (χ1n) is 11.2. The molecule has 0 bridgehead atoms. The molecule has 11 heteroatoms. The van der Waals surface area contributed by atoms with Gasteiger partial charge >= 0.3 is 0 Å². The van der Waals surface area contributed by atoms with Gasteiger partial charge in [0.05, 0.1) is 18.7 Å². The minimum atomic E-state index is -0.276. The molecule has 0 aliphatic rings. The van der Waals surface area contributed by atoms with Crippen molar-refractivity contribution in [1.29, 1.82) is 0 Å². The van der Waals surface area contributed by atoms with E-state index in [9.17, 15) is 9.18 Å². The fourth-order valence-electron chi connectivity index (χ4n) is 3.93. The number of ketones is 1. The van der Waals surface area contributed by atoms with Gasteiger partial charge in [0.2, 0.25) is 17.3 Å². The van der Waals surface area contributed by atoms with Crippen LogP contribution in [0.4, 0.5) is 10.3 Å². The second-order valence-corrected chi connectivity index (χ2v) is 8.32. The zero-order chi connectivity index (χ0) is 25.1. The zero-order valence-corrected chi connectivity index (χ0v) is 20.0. The predicted molar refractivity (Wildman–Crippen MR) is 126 cm³/mol. The standard InChI is InChI=1S/C24H27FN6O4/c1-13(17-5-7-18(25)8-6-17)9-11-33-23-21(34-12-10-31-24(26)28-29-30-31)19(15(3)32)14(2)20-22(23)35-16(4)27-20/h5-8,13H,9-12H2,1-4H3,(H2,26,28,30). The number of ether oxygens (including phenoxy) is 2. The summed E-state index contributed by atoms with van der Waals surface area (Å²) in [6.07, 6.45) is 0.643. The van der Waals surface area contributed by atoms with Gasteiger partial charge in [-0.05, 0) is 59.9 Å². The third-order valence-electron chi connectivity index (χ3n) is 5.80. The maximum Gasteiger partial charge on any atom is 0.240 e. The molecule has 2 aromatic heterocycles. The number of fused-ring (bicyclic) bond motifs is 1. The Labute approximate surface area is 201 Å². The third-order valence-corrected chi connectivity index (χ3v) is 5.80. The van der Waals surface area contributed by atoms with Crippen molar-refractivity contribution in [1.82, 2.24) is 25.2 Å². The highest BCUT2D eigenvalue weighted by Gasteiger charge is 2.26. The highest BCUT2D eigenvalue weighted by molar-refractivity contribution is 6.05. The summed E-state index contributed by atoms with van der Waals surface area (Å²) < 4.78 is 32.8. The number of oxazole rings is 1. The molecule has 4 aromatic rings. The minimum Gasteiger partial charge on any atom is -0.487 e. The smallest absolute Gasteiger partial charge is 0.240 e. The summed E-state index contributed by atoms with van der Waals surface area (Å²) in [5.74, 6) is 0.845. The molecule has 0 amide bonds. The van der Waals surface area contributed by atoms with Crippen LogP contribution in [0.1, 0.15) is 53.6 Å². The number of Topliss-reactive ketones (excluding diaryl/α,β-unsaturated/α-hetero) is 1. The number of aryl methyl sites for hydroxylation is 2. The van der Waals surface area contributed by atoms with Crippen molar-refractivity contribution in [2.45, 2.75) is 46.6 Å². The van der Waals surface area contributed by atoms with Crippen LogP contribution in [0, 0.1) is 19.7 Å². The Hall–Kier alpha value is -4.02. The molecular weight excluding hydrogens is 455 g/mol. The molecule has 2 aromatic carbocycles. The maximum atomic E-state index is 13.3. The molecular formula is C24H27FN6O4. The van der Waals surface area contributed by atoms with Crippen molar-refractivity contribution in [2.24, 2.45) is 0 Å². The fourth-order valence-corrected chi connectivity index (χ4v) is 3.93. The topological polar surface area (TPSA) is 131 Å². The van der Waals surface area contributed by atoms with Crippen LogP contribution in [0.25, 0.3) is 11.1 Å². The normalized spacial score (nSPS) is 12.1. The van der Waals surface area contributed by atoms with E-state index in [0.717, 1.165) is 5.56 Å². The molecule has 2 N–H and O–H groups in total. The number of hydrogen-bond donors (Lipinski definition) is 1. The zero-order valence-electron chi connectivity index (χ0n) is 20.0. The van der Waals surface area contributed by atoms with Gasteiger partial charge in [0.15, 0.2) is 17.4 Å². The Balaban J connectivity index is 1.63. The van der Waals surface area contributed by atoms with Gasteiger partial charge in [-0.1, -0.05) is 24.2 Å². The van der Waals surface area contributed by atoms with E-state index in [1.54, 1.807) is 26.0 Å². The number of benzene rings is 2. The number of nitrogens with zero attached hydrogens (tertiary/aromatic N) is 5. The minimum absolute atomic E-state index is 0.118. The van der Waals surface area contributed by atoms with Crippen molar-refractivity contribution in [3.63, 3.8) is 0 Å². The fraction of sp³-hybridized carbons (Fsp3) is 0.375. The lowest BCUT2D eigenvalue weighted by atomic mass is 9.98. The van der Waals surface area contributed by atoms with Crippen LogP contribution < -0.4 is 15.2 Å². The lowest BCUT2D eigenvalue weighted by Gasteiger charge is -2.19. The van der Waals surface area contributed by atoms with E-state index in [-0.39, 0.29) is 42.4 Å². The molecule has 10 nitrogen and oxygen atoms in total. The summed E-state index contributed by atoms with van der Waals surface area (Å²) in [7, 11) is 0. The summed E-state index contributed by atoms with van der Waals surface area (Å²) in [6.45, 7) is 7.74. The average molecular weight is 483 g/mol. The van der Waals surface area contributed by atoms with E-state index in [0.29, 0.717) is 46.9 Å². The summed E-state index contributed by atoms with van der Waals surface area (Å²) in [4.78, 5) is 17.1. The third kappa shape index (κ3) is 5.08. The van der Waals surface area contributed by atoms with Crippen molar-refractivity contribution >= 4 is 22.8 Å². The predicted octanol–water partition coefficient (Wildman–Crippen LogP) is 4.01. The van der Waals surface area contributed by atoms with Crippen molar-refractivity contribution in [2.75, 3.05) is 18.9 Å². The highest BCUT2D eigenvalue weighted by Crippen LogP contribution is 2.43. The molecule has 4 rings (SSSR count).